The Kier molecular flexibility index (Phi) is 10.8. The maximum absolute atomic E-state index is 15.5. The number of fused-ring (bicyclic) bond motifs is 2. The van der Waals surface area contributed by atoms with Crippen LogP contribution in [0, 0.1) is 11.7 Å². The quantitative estimate of drug-likeness (QED) is 0.232. The number of nitrogens with one attached hydrogen (secondary N) is 2. The molecule has 1 unspecified atom stereocenters. The average Bonchev–Trinajstić information content (AvgIpc) is 3.98. The molecule has 2 aromatic carbocycles. The lowest BCUT2D eigenvalue weighted by atomic mass is 9.95. The fourth-order valence-corrected chi connectivity index (χ4v) is 9.58. The van der Waals surface area contributed by atoms with Crippen LogP contribution in [0.25, 0.3) is 11.0 Å². The van der Waals surface area contributed by atoms with E-state index < -0.39 is 35.5 Å². The maximum Gasteiger partial charge on any atom is 0.270 e. The molecule has 4 fully saturated rings. The smallest absolute Gasteiger partial charge is 0.270 e. The first-order valence-corrected chi connectivity index (χ1v) is 21.2. The Morgan fingerprint density at radius 3 is 2.23 bits per heavy atom. The van der Waals surface area contributed by atoms with Gasteiger partial charge in [-0.1, -0.05) is 12.8 Å². The number of likely N-dealkylation sites (tertiary alicyclic amines) is 1. The number of benzene rings is 2. The van der Waals surface area contributed by atoms with Crippen molar-refractivity contribution in [3.63, 3.8) is 0 Å². The van der Waals surface area contributed by atoms with Crippen molar-refractivity contribution in [2.45, 2.75) is 63.5 Å². The molecule has 6 heterocycles. The van der Waals surface area contributed by atoms with Crippen LogP contribution < -0.4 is 15.5 Å². The van der Waals surface area contributed by atoms with Crippen LogP contribution in [0.4, 0.5) is 21.7 Å². The van der Waals surface area contributed by atoms with Crippen molar-refractivity contribution >= 4 is 63.8 Å². The molecule has 16 nitrogen and oxygen atoms in total. The molecule has 9 rings (SSSR count). The Labute approximate surface area is 352 Å². The molecule has 1 saturated carbocycles. The van der Waals surface area contributed by atoms with Crippen molar-refractivity contribution in [3.8, 4) is 0 Å². The van der Waals surface area contributed by atoms with E-state index in [1.165, 1.54) is 6.07 Å². The van der Waals surface area contributed by atoms with Gasteiger partial charge >= 0.3 is 0 Å². The largest absolute Gasteiger partial charge is 0.367 e. The van der Waals surface area contributed by atoms with Crippen molar-refractivity contribution in [3.05, 3.63) is 76.9 Å². The number of piperazine rings is 1. The maximum atomic E-state index is 15.5. The molecule has 1 atom stereocenters. The lowest BCUT2D eigenvalue weighted by Crippen LogP contribution is -2.54. The number of piperidine rings is 2. The average molecular weight is 833 g/mol. The normalized spacial score (nSPS) is 20.4. The van der Waals surface area contributed by atoms with Crippen LogP contribution in [0.15, 0.2) is 48.7 Å². The summed E-state index contributed by atoms with van der Waals surface area (Å²) < 4.78 is 17.5. The van der Waals surface area contributed by atoms with Crippen molar-refractivity contribution in [1.29, 1.82) is 0 Å². The molecular weight excluding hydrogens is 784 g/mol. The minimum atomic E-state index is -1.11. The number of carbonyl (C=O) groups excluding carboxylic acids is 6. The number of halogens is 1. The monoisotopic (exact) mass is 832 g/mol. The Morgan fingerprint density at radius 1 is 0.869 bits per heavy atom. The molecule has 318 valence electrons. The first kappa shape index (κ1) is 40.2. The molecule has 5 aliphatic rings. The first-order chi connectivity index (χ1) is 29.4. The molecule has 0 radical (unpaired) electrons. The summed E-state index contributed by atoms with van der Waals surface area (Å²) in [6, 6.07) is 10.8. The van der Waals surface area contributed by atoms with Crippen molar-refractivity contribution in [2.24, 2.45) is 5.92 Å². The summed E-state index contributed by atoms with van der Waals surface area (Å²) in [4.78, 5) is 95.1. The highest BCUT2D eigenvalue weighted by molar-refractivity contribution is 6.23. The molecule has 4 aliphatic heterocycles. The number of aromatic nitrogens is 3. The van der Waals surface area contributed by atoms with Crippen LogP contribution in [-0.4, -0.2) is 136 Å². The zero-order valence-electron chi connectivity index (χ0n) is 34.4. The fourth-order valence-electron chi connectivity index (χ4n) is 9.58. The van der Waals surface area contributed by atoms with Gasteiger partial charge in [-0.05, 0) is 80.5 Å². The Balaban J connectivity index is 0.764. The summed E-state index contributed by atoms with van der Waals surface area (Å²) in [6.07, 6.45) is 7.79. The third-order valence-corrected chi connectivity index (χ3v) is 12.9. The van der Waals surface area contributed by atoms with Gasteiger partial charge in [0.2, 0.25) is 17.8 Å². The fraction of sp³-hybridized carbons (Fsp3) is 0.455. The summed E-state index contributed by atoms with van der Waals surface area (Å²) in [5.41, 5.74) is 2.94. The second kappa shape index (κ2) is 16.3. The molecule has 2 N–H and O–H groups in total. The van der Waals surface area contributed by atoms with Crippen LogP contribution in [0.2, 0.25) is 0 Å². The molecule has 3 saturated heterocycles. The summed E-state index contributed by atoms with van der Waals surface area (Å²) in [7, 11) is 3.51. The number of nitrogens with zero attached hydrogens (tertiary/aromatic N) is 8. The highest BCUT2D eigenvalue weighted by atomic mass is 19.1. The molecular formula is C44H49FN10O6. The van der Waals surface area contributed by atoms with Crippen molar-refractivity contribution < 1.29 is 33.2 Å². The van der Waals surface area contributed by atoms with Gasteiger partial charge in [0, 0.05) is 95.2 Å². The number of imide groups is 2. The van der Waals surface area contributed by atoms with E-state index in [1.807, 2.05) is 40.1 Å². The van der Waals surface area contributed by atoms with Gasteiger partial charge in [0.05, 0.1) is 16.8 Å². The summed E-state index contributed by atoms with van der Waals surface area (Å²) >= 11 is 0. The highest BCUT2D eigenvalue weighted by Crippen LogP contribution is 2.36. The molecule has 61 heavy (non-hydrogen) atoms. The lowest BCUT2D eigenvalue weighted by molar-refractivity contribution is -0.136. The minimum absolute atomic E-state index is 0.00968. The van der Waals surface area contributed by atoms with Crippen LogP contribution in [0.1, 0.15) is 99.0 Å². The molecule has 4 aromatic rings. The van der Waals surface area contributed by atoms with Crippen molar-refractivity contribution in [1.82, 2.24) is 39.5 Å². The first-order valence-electron chi connectivity index (χ1n) is 21.2. The van der Waals surface area contributed by atoms with Gasteiger partial charge in [-0.25, -0.2) is 9.37 Å². The second-order valence-corrected chi connectivity index (χ2v) is 17.0. The Hall–Kier alpha value is -6.23. The third-order valence-electron chi connectivity index (χ3n) is 12.9. The molecule has 0 bridgehead atoms. The van der Waals surface area contributed by atoms with Gasteiger partial charge in [0.1, 0.15) is 23.2 Å². The van der Waals surface area contributed by atoms with E-state index in [4.69, 9.17) is 4.98 Å². The number of rotatable bonds is 9. The van der Waals surface area contributed by atoms with Gasteiger partial charge in [-0.2, -0.15) is 4.98 Å². The zero-order chi connectivity index (χ0) is 42.5. The lowest BCUT2D eigenvalue weighted by Gasteiger charge is -2.39. The van der Waals surface area contributed by atoms with E-state index in [-0.39, 0.29) is 47.5 Å². The standard InChI is InChI=1S/C44H49FN10O6/c1-50(2)43(61)36-21-28-24-46-44(49-38(28)54(36)30-5-3-4-6-30)47-29-9-7-27(8-10-29)40(58)53-15-13-26(14-16-53)25-51-17-19-52(20-18-51)35-23-32-31(22-33(35)45)41(59)55(42(32)60)34-11-12-37(56)48-39(34)57/h7-10,21-24,26,30,34H,3-6,11-20,25H2,1-2H3,(H,46,47,49)(H,48,56,57). The van der Waals surface area contributed by atoms with E-state index in [2.05, 4.69) is 25.1 Å². The number of carbonyl (C=O) groups is 6. The molecule has 0 spiro atoms. The van der Waals surface area contributed by atoms with Gasteiger partial charge in [0.25, 0.3) is 23.6 Å². The predicted octanol–water partition coefficient (Wildman–Crippen LogP) is 4.21. The van der Waals surface area contributed by atoms with E-state index in [0.29, 0.717) is 62.4 Å². The summed E-state index contributed by atoms with van der Waals surface area (Å²) in [6.45, 7) is 4.61. The van der Waals surface area contributed by atoms with Crippen LogP contribution in [-0.2, 0) is 9.59 Å². The Morgan fingerprint density at radius 2 is 1.56 bits per heavy atom. The second-order valence-electron chi connectivity index (χ2n) is 17.0. The number of hydrogen-bond donors (Lipinski definition) is 2. The van der Waals surface area contributed by atoms with E-state index in [9.17, 15) is 28.8 Å². The molecule has 2 aromatic heterocycles. The molecule has 1 aliphatic carbocycles. The van der Waals surface area contributed by atoms with Gasteiger partial charge in [-0.15, -0.1) is 0 Å². The molecule has 6 amide bonds. The van der Waals surface area contributed by atoms with E-state index in [1.54, 1.807) is 25.2 Å². The highest BCUT2D eigenvalue weighted by Gasteiger charge is 2.45. The van der Waals surface area contributed by atoms with Crippen molar-refractivity contribution in [2.75, 3.05) is 70.1 Å². The van der Waals surface area contributed by atoms with Gasteiger partial charge < -0.3 is 24.6 Å². The minimum Gasteiger partial charge on any atom is -0.367 e. The van der Waals surface area contributed by atoms with Crippen LogP contribution in [0.5, 0.6) is 0 Å². The molecule has 17 heteroatoms. The number of anilines is 3. The Bertz CT molecular complexity index is 2430. The predicted molar refractivity (Wildman–Crippen MR) is 223 cm³/mol. The van der Waals surface area contributed by atoms with E-state index >= 15 is 4.39 Å². The number of hydrogen-bond acceptors (Lipinski definition) is 11. The SMILES string of the molecule is CN(C)C(=O)c1cc2cnc(Nc3ccc(C(=O)N4CCC(CN5CCN(c6cc7c(cc6F)C(=O)N(C6CCC(=O)NC6=O)C7=O)CC5)CC4)cc3)nc2n1C1CCCC1. The van der Waals surface area contributed by atoms with Gasteiger partial charge in [-0.3, -0.25) is 43.9 Å². The van der Waals surface area contributed by atoms with Crippen LogP contribution >= 0.6 is 0 Å². The summed E-state index contributed by atoms with van der Waals surface area (Å²) in [5, 5.41) is 6.28. The topological polar surface area (TPSA) is 173 Å². The van der Waals surface area contributed by atoms with Gasteiger partial charge in [0.15, 0.2) is 0 Å². The number of amides is 6. The van der Waals surface area contributed by atoms with E-state index in [0.717, 1.165) is 72.8 Å². The van der Waals surface area contributed by atoms with Crippen LogP contribution in [0.3, 0.4) is 0 Å². The zero-order valence-corrected chi connectivity index (χ0v) is 34.4. The summed E-state index contributed by atoms with van der Waals surface area (Å²) in [5.74, 6) is -2.41. The third kappa shape index (κ3) is 7.70.